The number of rotatable bonds is 15. The molecule has 0 N–H and O–H groups in total. The van der Waals surface area contributed by atoms with Crippen molar-refractivity contribution in [3.05, 3.63) is 349 Å². The van der Waals surface area contributed by atoms with Gasteiger partial charge in [0.15, 0.2) is 31.0 Å². The van der Waals surface area contributed by atoms with Crippen LogP contribution in [0.4, 0.5) is 0 Å². The summed E-state index contributed by atoms with van der Waals surface area (Å²) >= 11 is 0. The molecule has 12 heteroatoms. The Hall–Kier alpha value is -12.5. The summed E-state index contributed by atoms with van der Waals surface area (Å²) in [6.07, 6.45) is 7.92. The molecule has 0 radical (unpaired) electrons. The lowest BCUT2D eigenvalue weighted by Crippen LogP contribution is -2.30. The molecule has 15 rings (SSSR count). The Bertz CT molecular complexity index is 6250. The zero-order chi connectivity index (χ0) is 91.6. The van der Waals surface area contributed by atoms with Crippen molar-refractivity contribution in [1.82, 2.24) is 34.9 Å². The predicted octanol–water partition coefficient (Wildman–Crippen LogP) is 20.3. The van der Waals surface area contributed by atoms with Crippen molar-refractivity contribution in [1.29, 1.82) is 0 Å². The average Bonchev–Trinajstić information content (AvgIpc) is 0.752. The van der Waals surface area contributed by atoms with Gasteiger partial charge in [0.1, 0.15) is 46.9 Å². The molecular weight excluding hydrogens is 1370 g/mol. The van der Waals surface area contributed by atoms with E-state index in [0.717, 1.165) is 97.1 Å². The summed E-state index contributed by atoms with van der Waals surface area (Å²) in [5.74, 6) is -3.12. The molecule has 0 saturated heterocycles. The number of hydrogen-bond acceptors (Lipinski definition) is 7. The predicted molar refractivity (Wildman–Crippen MR) is 457 cm³/mol. The number of aromatic nitrogens is 12. The lowest BCUT2D eigenvalue weighted by molar-refractivity contribution is -0.660. The zero-order valence-electron chi connectivity index (χ0n) is 80.6. The summed E-state index contributed by atoms with van der Waals surface area (Å²) in [6, 6.07) is 80.8. The second kappa shape index (κ2) is 38.2. The molecule has 12 nitrogen and oxygen atoms in total. The van der Waals surface area contributed by atoms with Crippen molar-refractivity contribution in [3.63, 3.8) is 0 Å². The normalized spacial score (nSPS) is 14.3. The van der Waals surface area contributed by atoms with Crippen molar-refractivity contribution < 1.29 is 42.0 Å². The van der Waals surface area contributed by atoms with E-state index in [-0.39, 0.29) is 17.2 Å². The van der Waals surface area contributed by atoms with Crippen LogP contribution in [0.15, 0.2) is 292 Å². The summed E-state index contributed by atoms with van der Waals surface area (Å²) in [4.78, 5) is 30.6. The molecule has 0 fully saturated rings. The van der Waals surface area contributed by atoms with Crippen LogP contribution in [0.2, 0.25) is 0 Å². The molecule has 15 aromatic rings. The Kier molecular flexibility index (Phi) is 21.6. The van der Waals surface area contributed by atoms with Crippen LogP contribution in [-0.4, -0.2) is 34.9 Å². The van der Waals surface area contributed by atoms with Crippen LogP contribution >= 0.6 is 0 Å². The van der Waals surface area contributed by atoms with E-state index in [2.05, 4.69) is 174 Å². The van der Waals surface area contributed by atoms with Crippen LogP contribution < -0.4 is 22.8 Å². The Morgan fingerprint density at radius 2 is 0.652 bits per heavy atom. The van der Waals surface area contributed by atoms with Crippen molar-refractivity contribution in [3.8, 4) is 113 Å². The first-order chi connectivity index (χ1) is 59.3. The van der Waals surface area contributed by atoms with E-state index in [1.165, 1.54) is 71.5 Å². The summed E-state index contributed by atoms with van der Waals surface area (Å²) in [7, 11) is 10.1. The number of benzene rings is 5. The molecule has 112 heavy (non-hydrogen) atoms. The van der Waals surface area contributed by atoms with E-state index in [9.17, 15) is 0 Å². The third kappa shape index (κ3) is 20.7. The molecule has 0 aliphatic rings. The quantitative estimate of drug-likeness (QED) is 0.0940. The summed E-state index contributed by atoms with van der Waals surface area (Å²) in [5.41, 5.74) is 26.2. The maximum absolute atomic E-state index is 8.38. The summed E-state index contributed by atoms with van der Waals surface area (Å²) in [6.45, 7) is 12.6. The van der Waals surface area contributed by atoms with Crippen molar-refractivity contribution in [2.45, 2.75) is 108 Å². The third-order valence-electron chi connectivity index (χ3n) is 19.2. The van der Waals surface area contributed by atoms with Crippen LogP contribution in [0.3, 0.4) is 0 Å². The maximum Gasteiger partial charge on any atom is 0.213 e. The summed E-state index contributed by atoms with van der Waals surface area (Å²) in [5, 5.41) is 0. The highest BCUT2D eigenvalue weighted by Crippen LogP contribution is 2.31. The molecule has 0 aliphatic heterocycles. The number of aryl methyl sites for hydroxylation is 13. The molecule has 0 spiro atoms. The van der Waals surface area contributed by atoms with Gasteiger partial charge in [-0.3, -0.25) is 15.0 Å². The van der Waals surface area contributed by atoms with Crippen LogP contribution in [0.25, 0.3) is 113 Å². The topological polar surface area (TPSA) is 110 Å². The Labute approximate surface area is 684 Å². The fourth-order valence-corrected chi connectivity index (χ4v) is 12.9. The molecular formula is C100H107N12+5. The fourth-order valence-electron chi connectivity index (χ4n) is 12.9. The van der Waals surface area contributed by atoms with Gasteiger partial charge >= 0.3 is 0 Å². The SMILES string of the molecule is Cc1nccc(-c2cc[n+](C)c(-c3ccccc3C)c2)n1.[2H]C([2H])(C)c1cccc(-c2cc[n+](C)c(-c3ccccc3C)c2)n1.[2H]C([2H])(C)c1nccc(-c2cc[n+](C)c(-c3ccccc3C)c2)n1.[2H]C([2H])([2H])C([2H])(C)C([2H])([2H])c1cccc(-c2cc[n+](C)c(-c3ccccc3C)c2)n1.[2H]C([2H])([2H])C([2H])(C)c1cccc(-c2cc[n+](C)c(-c3ccccc3C)c2)n1. The van der Waals surface area contributed by atoms with Crippen LogP contribution in [0.1, 0.15) is 123 Å². The van der Waals surface area contributed by atoms with Gasteiger partial charge in [-0.25, -0.2) is 42.8 Å². The van der Waals surface area contributed by atoms with Gasteiger partial charge in [-0.15, -0.1) is 0 Å². The molecule has 562 valence electrons. The minimum Gasteiger partial charge on any atom is -0.253 e. The first-order valence-electron chi connectivity index (χ1n) is 44.2. The molecule has 0 aliphatic carbocycles. The highest BCUT2D eigenvalue weighted by molar-refractivity contribution is 5.73. The second-order valence-corrected chi connectivity index (χ2v) is 27.5. The van der Waals surface area contributed by atoms with Gasteiger partial charge in [-0.1, -0.05) is 151 Å². The molecule has 10 aromatic heterocycles. The molecule has 2 unspecified atom stereocenters. The Balaban J connectivity index is 0.000000154. The molecule has 2 atom stereocenters. The van der Waals surface area contributed by atoms with E-state index >= 15 is 0 Å². The molecule has 0 saturated carbocycles. The first-order valence-corrected chi connectivity index (χ1v) is 37.2. The van der Waals surface area contributed by atoms with E-state index in [0.29, 0.717) is 17.1 Å². The van der Waals surface area contributed by atoms with Gasteiger partial charge in [0.25, 0.3) is 0 Å². The zero-order valence-corrected chi connectivity index (χ0v) is 66.6. The monoisotopic (exact) mass is 1490 g/mol. The van der Waals surface area contributed by atoms with E-state index in [1.807, 2.05) is 203 Å². The van der Waals surface area contributed by atoms with Crippen LogP contribution in [0, 0.1) is 47.4 Å². The molecule has 0 amide bonds. The van der Waals surface area contributed by atoms with Crippen LogP contribution in [-0.2, 0) is 54.4 Å². The molecule has 5 aromatic carbocycles. The van der Waals surface area contributed by atoms with Crippen molar-refractivity contribution >= 4 is 0 Å². The number of hydrogen-bond donors (Lipinski definition) is 0. The highest BCUT2D eigenvalue weighted by Gasteiger charge is 2.21. The first kappa shape index (κ1) is 63.3. The molecule has 10 heterocycles. The third-order valence-corrected chi connectivity index (χ3v) is 19.2. The number of pyridine rings is 8. The minimum atomic E-state index is -2.80. The van der Waals surface area contributed by atoms with E-state index in [4.69, 9.17) is 19.2 Å². The fraction of sp³-hybridized carbons (Fsp3) is 0.220. The van der Waals surface area contributed by atoms with E-state index < -0.39 is 44.6 Å². The smallest absolute Gasteiger partial charge is 0.213 e. The van der Waals surface area contributed by atoms with Gasteiger partial charge in [-0.2, -0.15) is 0 Å². The Morgan fingerprint density at radius 3 is 0.991 bits per heavy atom. The van der Waals surface area contributed by atoms with Gasteiger partial charge in [0.05, 0.1) is 28.5 Å². The van der Waals surface area contributed by atoms with Crippen molar-refractivity contribution in [2.75, 3.05) is 0 Å². The van der Waals surface area contributed by atoms with Crippen LogP contribution in [0.5, 0.6) is 0 Å². The lowest BCUT2D eigenvalue weighted by Gasteiger charge is -2.09. The lowest BCUT2D eigenvalue weighted by atomic mass is 10.0. The minimum absolute atomic E-state index is 0.0701. The highest BCUT2D eigenvalue weighted by atomic mass is 14.9. The largest absolute Gasteiger partial charge is 0.253 e. The second-order valence-electron chi connectivity index (χ2n) is 27.5. The standard InChI is InChI=1S/C22H25N2.C21H23N2.C20H21N2.C19H20N3.C18H18N3/c1-16(2)14-19-9-7-11-21(23-19)18-12-13-24(4)22(15-18)20-10-6-5-8-17(20)3;1-15(2)19-10-7-11-20(22-19)17-12-13-23(4)21(14-17)18-9-6-5-8-16(18)3;1-4-17-9-7-11-19(21-17)16-12-13-22(3)20(14-16)18-10-6-5-8-15(18)2;1-4-19-20-11-9-17(21-19)15-10-12-22(3)18(13-15)16-8-6-5-7-14(16)2;1-13-6-4-5-7-16(13)18-12-15(9-11-21(18)3)17-8-10-19-14(2)20-17/h5-13,15-16H,14H2,1-4H3;5-15H,1-4H3;5-14H,4H2,1-3H3;5-13H,4H2,1-3H3;4-12H,1-3H3/q5*+1/i1D3,14D2,16D;1D3,15D;2*4D2;. The van der Waals surface area contributed by atoms with Gasteiger partial charge in [-0.05, 0) is 173 Å². The van der Waals surface area contributed by atoms with Gasteiger partial charge in [0, 0.05) is 171 Å². The number of nitrogens with zero attached hydrogens (tertiary/aromatic N) is 12. The maximum atomic E-state index is 8.38. The molecule has 0 bridgehead atoms. The Morgan fingerprint density at radius 1 is 0.330 bits per heavy atom. The summed E-state index contributed by atoms with van der Waals surface area (Å²) < 4.78 is 121. The van der Waals surface area contributed by atoms with Crippen molar-refractivity contribution in [2.24, 2.45) is 41.1 Å². The van der Waals surface area contributed by atoms with Gasteiger partial charge < -0.3 is 0 Å². The van der Waals surface area contributed by atoms with Gasteiger partial charge in [0.2, 0.25) is 28.5 Å². The van der Waals surface area contributed by atoms with E-state index in [1.54, 1.807) is 42.7 Å². The average molecular weight is 1490 g/mol.